The first-order chi connectivity index (χ1) is 13.3. The number of ether oxygens (including phenoxy) is 1. The van der Waals surface area contributed by atoms with Gasteiger partial charge in [0.1, 0.15) is 5.75 Å². The third-order valence-electron chi connectivity index (χ3n) is 5.03. The maximum Gasteiger partial charge on any atom is 0.192 e. The predicted molar refractivity (Wildman–Crippen MR) is 108 cm³/mol. The molecule has 1 aromatic carbocycles. The van der Waals surface area contributed by atoms with Crippen LogP contribution in [0, 0.1) is 0 Å². The van der Waals surface area contributed by atoms with Crippen molar-refractivity contribution in [1.82, 2.24) is 19.7 Å². The highest BCUT2D eigenvalue weighted by Crippen LogP contribution is 2.36. The largest absolute Gasteiger partial charge is 0.497 e. The molecule has 6 heteroatoms. The van der Waals surface area contributed by atoms with Crippen LogP contribution in [0.25, 0.3) is 11.4 Å². The van der Waals surface area contributed by atoms with Crippen LogP contribution in [0.4, 0.5) is 0 Å². The van der Waals surface area contributed by atoms with Crippen molar-refractivity contribution in [2.24, 2.45) is 0 Å². The normalized spacial score (nSPS) is 15.0. The van der Waals surface area contributed by atoms with E-state index < -0.39 is 0 Å². The zero-order valence-electron chi connectivity index (χ0n) is 15.5. The molecule has 2 heterocycles. The Morgan fingerprint density at radius 3 is 2.56 bits per heavy atom. The van der Waals surface area contributed by atoms with E-state index in [-0.39, 0.29) is 0 Å². The van der Waals surface area contributed by atoms with Gasteiger partial charge in [0.05, 0.1) is 12.8 Å². The van der Waals surface area contributed by atoms with Crippen molar-refractivity contribution in [3.05, 3.63) is 54.4 Å². The molecule has 1 aliphatic rings. The third-order valence-corrected chi connectivity index (χ3v) is 6.00. The van der Waals surface area contributed by atoms with E-state index in [4.69, 9.17) is 4.74 Å². The maximum atomic E-state index is 5.29. The number of benzene rings is 1. The summed E-state index contributed by atoms with van der Waals surface area (Å²) >= 11 is 1.72. The highest BCUT2D eigenvalue weighted by Gasteiger charge is 2.24. The van der Waals surface area contributed by atoms with E-state index in [1.54, 1.807) is 18.9 Å². The number of hydrogen-bond acceptors (Lipinski definition) is 5. The smallest absolute Gasteiger partial charge is 0.192 e. The molecule has 0 aliphatic heterocycles. The van der Waals surface area contributed by atoms with Gasteiger partial charge in [-0.3, -0.25) is 9.55 Å². The van der Waals surface area contributed by atoms with Crippen molar-refractivity contribution in [2.45, 2.75) is 49.1 Å². The minimum absolute atomic E-state index is 0.470. The minimum atomic E-state index is 0.470. The predicted octanol–water partition coefficient (Wildman–Crippen LogP) is 5.15. The third kappa shape index (κ3) is 4.16. The van der Waals surface area contributed by atoms with Gasteiger partial charge in [-0.1, -0.05) is 37.1 Å². The highest BCUT2D eigenvalue weighted by atomic mass is 32.2. The molecule has 0 bridgehead atoms. The molecule has 2 aromatic heterocycles. The average Bonchev–Trinajstić information content (AvgIpc) is 3.17. The monoisotopic (exact) mass is 380 g/mol. The topological polar surface area (TPSA) is 52.8 Å². The molecule has 0 amide bonds. The number of pyridine rings is 1. The number of thioether (sulfide) groups is 1. The van der Waals surface area contributed by atoms with Crippen LogP contribution in [0.1, 0.15) is 43.8 Å². The summed E-state index contributed by atoms with van der Waals surface area (Å²) < 4.78 is 7.65. The van der Waals surface area contributed by atoms with E-state index in [9.17, 15) is 0 Å². The zero-order valence-corrected chi connectivity index (χ0v) is 16.4. The Morgan fingerprint density at radius 1 is 1.04 bits per heavy atom. The van der Waals surface area contributed by atoms with Crippen LogP contribution in [0.15, 0.2) is 53.8 Å². The summed E-state index contributed by atoms with van der Waals surface area (Å²) in [5.74, 6) is 2.61. The molecule has 0 unspecified atom stereocenters. The van der Waals surface area contributed by atoms with Crippen LogP contribution in [0.3, 0.4) is 0 Å². The second-order valence-electron chi connectivity index (χ2n) is 6.81. The van der Waals surface area contributed by atoms with Crippen LogP contribution in [0.2, 0.25) is 0 Å². The van der Waals surface area contributed by atoms with Crippen molar-refractivity contribution >= 4 is 11.8 Å². The van der Waals surface area contributed by atoms with Crippen LogP contribution in [-0.2, 0) is 5.75 Å². The fourth-order valence-electron chi connectivity index (χ4n) is 3.60. The Bertz CT molecular complexity index is 858. The van der Waals surface area contributed by atoms with Gasteiger partial charge in [-0.05, 0) is 49.2 Å². The summed E-state index contributed by atoms with van der Waals surface area (Å²) in [4.78, 5) is 4.43. The SMILES string of the molecule is COc1ccc(-c2nnc(SCc3ccccn3)n2C2CCCCC2)cc1. The number of nitrogens with zero attached hydrogens (tertiary/aromatic N) is 4. The lowest BCUT2D eigenvalue weighted by molar-refractivity contribution is 0.339. The molecule has 140 valence electrons. The summed E-state index contributed by atoms with van der Waals surface area (Å²) in [5.41, 5.74) is 2.14. The van der Waals surface area contributed by atoms with Gasteiger partial charge in [-0.2, -0.15) is 0 Å². The lowest BCUT2D eigenvalue weighted by atomic mass is 9.95. The molecule has 1 saturated carbocycles. The summed E-state index contributed by atoms with van der Waals surface area (Å²) in [6.45, 7) is 0. The molecule has 27 heavy (non-hydrogen) atoms. The summed E-state index contributed by atoms with van der Waals surface area (Å²) in [6, 6.07) is 14.6. The molecule has 1 fully saturated rings. The fourth-order valence-corrected chi connectivity index (χ4v) is 4.52. The summed E-state index contributed by atoms with van der Waals surface area (Å²) in [6.07, 6.45) is 8.10. The minimum Gasteiger partial charge on any atom is -0.497 e. The molecule has 4 rings (SSSR count). The quantitative estimate of drug-likeness (QED) is 0.554. The first kappa shape index (κ1) is 18.0. The maximum absolute atomic E-state index is 5.29. The standard InChI is InChI=1S/C21H24N4OS/c1-26-19-12-10-16(11-13-19)20-23-24-21(25(20)18-8-3-2-4-9-18)27-15-17-7-5-6-14-22-17/h5-7,10-14,18H,2-4,8-9,15H2,1H3. The van der Waals surface area contributed by atoms with E-state index in [0.29, 0.717) is 6.04 Å². The van der Waals surface area contributed by atoms with E-state index in [1.807, 2.05) is 30.5 Å². The Morgan fingerprint density at radius 2 is 1.85 bits per heavy atom. The van der Waals surface area contributed by atoms with Crippen molar-refractivity contribution in [3.8, 4) is 17.1 Å². The van der Waals surface area contributed by atoms with Gasteiger partial charge in [0.25, 0.3) is 0 Å². The first-order valence-corrected chi connectivity index (χ1v) is 10.5. The lowest BCUT2D eigenvalue weighted by Gasteiger charge is -2.25. The van der Waals surface area contributed by atoms with Gasteiger partial charge in [-0.15, -0.1) is 10.2 Å². The van der Waals surface area contributed by atoms with Gasteiger partial charge < -0.3 is 4.74 Å². The van der Waals surface area contributed by atoms with E-state index in [2.05, 4.69) is 37.9 Å². The number of rotatable bonds is 6. The molecule has 0 saturated heterocycles. The fraction of sp³-hybridized carbons (Fsp3) is 0.381. The van der Waals surface area contributed by atoms with Gasteiger partial charge in [0, 0.05) is 23.6 Å². The molecule has 0 atom stereocenters. The molecule has 5 nitrogen and oxygen atoms in total. The highest BCUT2D eigenvalue weighted by molar-refractivity contribution is 7.98. The molecule has 3 aromatic rings. The van der Waals surface area contributed by atoms with Crippen LogP contribution in [-0.4, -0.2) is 26.9 Å². The average molecular weight is 381 g/mol. The molecule has 0 radical (unpaired) electrons. The lowest BCUT2D eigenvalue weighted by Crippen LogP contribution is -2.15. The van der Waals surface area contributed by atoms with Crippen molar-refractivity contribution in [1.29, 1.82) is 0 Å². The second-order valence-corrected chi connectivity index (χ2v) is 7.75. The zero-order chi connectivity index (χ0) is 18.5. The van der Waals surface area contributed by atoms with E-state index >= 15 is 0 Å². The van der Waals surface area contributed by atoms with Gasteiger partial charge in [0.2, 0.25) is 0 Å². The van der Waals surface area contributed by atoms with Crippen molar-refractivity contribution in [2.75, 3.05) is 7.11 Å². The van der Waals surface area contributed by atoms with Gasteiger partial charge in [-0.25, -0.2) is 0 Å². The Kier molecular flexibility index (Phi) is 5.72. The Hall–Kier alpha value is -2.34. The number of aromatic nitrogens is 4. The van der Waals surface area contributed by atoms with Gasteiger partial charge >= 0.3 is 0 Å². The second kappa shape index (κ2) is 8.57. The molecular weight excluding hydrogens is 356 g/mol. The van der Waals surface area contributed by atoms with E-state index in [1.165, 1.54) is 32.1 Å². The van der Waals surface area contributed by atoms with E-state index in [0.717, 1.165) is 33.7 Å². The van der Waals surface area contributed by atoms with Crippen molar-refractivity contribution < 1.29 is 4.74 Å². The molecule has 0 spiro atoms. The molecule has 0 N–H and O–H groups in total. The molecular formula is C21H24N4OS. The van der Waals surface area contributed by atoms with Gasteiger partial charge in [0.15, 0.2) is 11.0 Å². The summed E-state index contributed by atoms with van der Waals surface area (Å²) in [7, 11) is 1.69. The van der Waals surface area contributed by atoms with Crippen LogP contribution >= 0.6 is 11.8 Å². The first-order valence-electron chi connectivity index (χ1n) is 9.47. The summed E-state index contributed by atoms with van der Waals surface area (Å²) in [5, 5.41) is 10.1. The Balaban J connectivity index is 1.64. The van der Waals surface area contributed by atoms with Crippen molar-refractivity contribution in [3.63, 3.8) is 0 Å². The van der Waals surface area contributed by atoms with Crippen LogP contribution in [0.5, 0.6) is 5.75 Å². The molecule has 1 aliphatic carbocycles. The number of hydrogen-bond donors (Lipinski definition) is 0. The number of methoxy groups -OCH3 is 1. The Labute approximate surface area is 164 Å². The van der Waals surface area contributed by atoms with Crippen LogP contribution < -0.4 is 4.74 Å².